The van der Waals surface area contributed by atoms with E-state index in [1.54, 1.807) is 36.4 Å². The third-order valence-corrected chi connectivity index (χ3v) is 3.00. The van der Waals surface area contributed by atoms with Crippen LogP contribution in [0.4, 0.5) is 9.18 Å². The highest BCUT2D eigenvalue weighted by molar-refractivity contribution is 5.73. The van der Waals surface area contributed by atoms with E-state index < -0.39 is 0 Å². The monoisotopic (exact) mass is 306 g/mol. The highest BCUT2D eigenvalue weighted by Gasteiger charge is 2.09. The van der Waals surface area contributed by atoms with E-state index in [0.29, 0.717) is 31.9 Å². The van der Waals surface area contributed by atoms with E-state index in [2.05, 4.69) is 5.32 Å². The topological polar surface area (TPSA) is 54.7 Å². The number of halogens is 1. The second-order valence-corrected chi connectivity index (χ2v) is 4.82. The van der Waals surface area contributed by atoms with E-state index >= 15 is 0 Å². The van der Waals surface area contributed by atoms with Gasteiger partial charge in [0, 0.05) is 13.6 Å². The maximum Gasteiger partial charge on any atom is 0.317 e. The maximum absolute atomic E-state index is 12.7. The summed E-state index contributed by atoms with van der Waals surface area (Å²) in [4.78, 5) is 13.4. The lowest BCUT2D eigenvalue weighted by Gasteiger charge is -2.16. The zero-order chi connectivity index (χ0) is 15.8. The van der Waals surface area contributed by atoms with Crippen molar-refractivity contribution in [2.45, 2.75) is 13.0 Å². The van der Waals surface area contributed by atoms with Crippen LogP contribution < -0.4 is 10.1 Å². The lowest BCUT2D eigenvalue weighted by molar-refractivity contribution is 0.202. The van der Waals surface area contributed by atoms with Crippen molar-refractivity contribution in [2.75, 3.05) is 20.2 Å². The molecule has 1 aromatic carbocycles. The van der Waals surface area contributed by atoms with Gasteiger partial charge in [-0.2, -0.15) is 0 Å². The summed E-state index contributed by atoms with van der Waals surface area (Å²) in [5.74, 6) is 1.05. The summed E-state index contributed by atoms with van der Waals surface area (Å²) in [6.45, 7) is 1.38. The SMILES string of the molecule is CN(Cc1ccco1)C(=O)NCCCOc1ccc(F)cc1. The van der Waals surface area contributed by atoms with Crippen molar-refractivity contribution in [3.63, 3.8) is 0 Å². The standard InChI is InChI=1S/C16H19FN2O3/c1-19(12-15-4-2-10-22-15)16(20)18-9-3-11-21-14-7-5-13(17)6-8-14/h2,4-8,10H,3,9,11-12H2,1H3,(H,18,20). The van der Waals surface area contributed by atoms with Crippen LogP contribution >= 0.6 is 0 Å². The van der Waals surface area contributed by atoms with Gasteiger partial charge in [-0.3, -0.25) is 0 Å². The van der Waals surface area contributed by atoms with Crippen molar-refractivity contribution in [2.24, 2.45) is 0 Å². The Bertz CT molecular complexity index is 570. The predicted molar refractivity (Wildman–Crippen MR) is 80.1 cm³/mol. The van der Waals surface area contributed by atoms with Crippen LogP contribution in [0.5, 0.6) is 5.75 Å². The van der Waals surface area contributed by atoms with Crippen molar-refractivity contribution >= 4 is 6.03 Å². The zero-order valence-electron chi connectivity index (χ0n) is 12.4. The average molecular weight is 306 g/mol. The van der Waals surface area contributed by atoms with Crippen LogP contribution in [0.15, 0.2) is 47.1 Å². The van der Waals surface area contributed by atoms with Gasteiger partial charge in [0.15, 0.2) is 0 Å². The number of nitrogens with zero attached hydrogens (tertiary/aromatic N) is 1. The van der Waals surface area contributed by atoms with Gasteiger partial charge in [-0.05, 0) is 42.8 Å². The molecule has 118 valence electrons. The van der Waals surface area contributed by atoms with Crippen LogP contribution in [0.1, 0.15) is 12.2 Å². The third kappa shape index (κ3) is 5.12. The summed E-state index contributed by atoms with van der Waals surface area (Å²) in [5.41, 5.74) is 0. The Morgan fingerprint density at radius 1 is 1.32 bits per heavy atom. The number of amides is 2. The molecule has 0 fully saturated rings. The number of hydrogen-bond donors (Lipinski definition) is 1. The lowest BCUT2D eigenvalue weighted by Crippen LogP contribution is -2.37. The van der Waals surface area contributed by atoms with Gasteiger partial charge in [0.1, 0.15) is 17.3 Å². The largest absolute Gasteiger partial charge is 0.494 e. The van der Waals surface area contributed by atoms with Gasteiger partial charge in [-0.1, -0.05) is 0 Å². The van der Waals surface area contributed by atoms with Crippen molar-refractivity contribution in [3.05, 3.63) is 54.2 Å². The Hall–Kier alpha value is -2.50. The van der Waals surface area contributed by atoms with Crippen molar-refractivity contribution < 1.29 is 18.3 Å². The summed E-state index contributed by atoms with van der Waals surface area (Å²) >= 11 is 0. The molecule has 2 rings (SSSR count). The molecule has 5 nitrogen and oxygen atoms in total. The number of urea groups is 1. The molecule has 0 atom stereocenters. The van der Waals surface area contributed by atoms with E-state index in [9.17, 15) is 9.18 Å². The molecule has 0 aliphatic heterocycles. The smallest absolute Gasteiger partial charge is 0.317 e. The molecule has 0 saturated heterocycles. The first-order chi connectivity index (χ1) is 10.6. The number of ether oxygens (including phenoxy) is 1. The highest BCUT2D eigenvalue weighted by Crippen LogP contribution is 2.11. The highest BCUT2D eigenvalue weighted by atomic mass is 19.1. The number of nitrogens with one attached hydrogen (secondary N) is 1. The fourth-order valence-electron chi connectivity index (χ4n) is 1.83. The molecule has 0 saturated carbocycles. The van der Waals surface area contributed by atoms with Crippen LogP contribution in [0.25, 0.3) is 0 Å². The van der Waals surface area contributed by atoms with Crippen LogP contribution in [0, 0.1) is 5.82 Å². The van der Waals surface area contributed by atoms with Gasteiger partial charge in [0.2, 0.25) is 0 Å². The van der Waals surface area contributed by atoms with Gasteiger partial charge in [-0.25, -0.2) is 9.18 Å². The number of carbonyl (C=O) groups excluding carboxylic acids is 1. The number of furan rings is 1. The van der Waals surface area contributed by atoms with E-state index in [1.807, 2.05) is 6.07 Å². The lowest BCUT2D eigenvalue weighted by atomic mass is 10.3. The molecule has 6 heteroatoms. The van der Waals surface area contributed by atoms with Gasteiger partial charge in [0.05, 0.1) is 19.4 Å². The van der Waals surface area contributed by atoms with E-state index in [4.69, 9.17) is 9.15 Å². The minimum absolute atomic E-state index is 0.168. The van der Waals surface area contributed by atoms with E-state index in [0.717, 1.165) is 5.76 Å². The van der Waals surface area contributed by atoms with Gasteiger partial charge in [0.25, 0.3) is 0 Å². The normalized spacial score (nSPS) is 10.3. The minimum Gasteiger partial charge on any atom is -0.494 e. The zero-order valence-corrected chi connectivity index (χ0v) is 12.4. The number of rotatable bonds is 7. The number of carbonyl (C=O) groups is 1. The summed E-state index contributed by atoms with van der Waals surface area (Å²) in [6.07, 6.45) is 2.24. The van der Waals surface area contributed by atoms with E-state index in [-0.39, 0.29) is 11.8 Å². The summed E-state index contributed by atoms with van der Waals surface area (Å²) in [5, 5.41) is 2.80. The fraction of sp³-hybridized carbons (Fsp3) is 0.312. The summed E-state index contributed by atoms with van der Waals surface area (Å²) in [6, 6.07) is 9.28. The van der Waals surface area contributed by atoms with Crippen LogP contribution in [0.3, 0.4) is 0 Å². The van der Waals surface area contributed by atoms with Crippen molar-refractivity contribution in [1.82, 2.24) is 10.2 Å². The van der Waals surface area contributed by atoms with Crippen LogP contribution in [-0.2, 0) is 6.54 Å². The average Bonchev–Trinajstić information content (AvgIpc) is 3.01. The number of benzene rings is 1. The molecule has 22 heavy (non-hydrogen) atoms. The molecule has 2 amide bonds. The summed E-state index contributed by atoms with van der Waals surface area (Å²) in [7, 11) is 1.70. The quantitative estimate of drug-likeness (QED) is 0.800. The van der Waals surface area contributed by atoms with E-state index in [1.165, 1.54) is 12.1 Å². The van der Waals surface area contributed by atoms with Crippen LogP contribution in [-0.4, -0.2) is 31.1 Å². The molecule has 0 aliphatic carbocycles. The third-order valence-electron chi connectivity index (χ3n) is 3.00. The Labute approximate surface area is 128 Å². The molecule has 0 radical (unpaired) electrons. The van der Waals surface area contributed by atoms with Gasteiger partial charge < -0.3 is 19.4 Å². The maximum atomic E-state index is 12.7. The molecule has 2 aromatic rings. The molecular weight excluding hydrogens is 287 g/mol. The number of hydrogen-bond acceptors (Lipinski definition) is 3. The molecule has 1 heterocycles. The Balaban J connectivity index is 1.59. The minimum atomic E-state index is -0.292. The van der Waals surface area contributed by atoms with Gasteiger partial charge in [-0.15, -0.1) is 0 Å². The second-order valence-electron chi connectivity index (χ2n) is 4.82. The molecule has 0 aliphatic rings. The first-order valence-corrected chi connectivity index (χ1v) is 7.05. The molecule has 1 N–H and O–H groups in total. The molecule has 0 spiro atoms. The van der Waals surface area contributed by atoms with Gasteiger partial charge >= 0.3 is 6.03 Å². The predicted octanol–water partition coefficient (Wildman–Crippen LogP) is 3.03. The Morgan fingerprint density at radius 3 is 2.77 bits per heavy atom. The first-order valence-electron chi connectivity index (χ1n) is 7.05. The molecule has 0 bridgehead atoms. The Kier molecular flexibility index (Phi) is 5.82. The summed E-state index contributed by atoms with van der Waals surface area (Å²) < 4.78 is 23.3. The van der Waals surface area contributed by atoms with Crippen molar-refractivity contribution in [1.29, 1.82) is 0 Å². The Morgan fingerprint density at radius 2 is 2.09 bits per heavy atom. The van der Waals surface area contributed by atoms with Crippen molar-refractivity contribution in [3.8, 4) is 5.75 Å². The van der Waals surface area contributed by atoms with Crippen LogP contribution in [0.2, 0.25) is 0 Å². The molecule has 1 aromatic heterocycles. The first kappa shape index (κ1) is 15.9. The fourth-order valence-corrected chi connectivity index (χ4v) is 1.83. The second kappa shape index (κ2) is 8.07. The molecular formula is C16H19FN2O3. The molecule has 0 unspecified atom stereocenters.